The summed E-state index contributed by atoms with van der Waals surface area (Å²) in [6.45, 7) is 4.85. The molecule has 0 aliphatic carbocycles. The van der Waals surface area contributed by atoms with E-state index in [9.17, 15) is 4.79 Å². The molecule has 2 fully saturated rings. The molecule has 2 saturated heterocycles. The lowest BCUT2D eigenvalue weighted by Crippen LogP contribution is -2.58. The summed E-state index contributed by atoms with van der Waals surface area (Å²) in [5.74, 6) is 0.270. The summed E-state index contributed by atoms with van der Waals surface area (Å²) in [5, 5.41) is 3.38. The molecule has 0 bridgehead atoms. The highest BCUT2D eigenvalue weighted by molar-refractivity contribution is 5.74. The Morgan fingerprint density at radius 1 is 1.21 bits per heavy atom. The first-order chi connectivity index (χ1) is 6.75. The van der Waals surface area contributed by atoms with E-state index in [-0.39, 0.29) is 11.4 Å². The summed E-state index contributed by atoms with van der Waals surface area (Å²) in [7, 11) is 0. The molecular weight excluding hydrogens is 176 g/mol. The highest BCUT2D eigenvalue weighted by atomic mass is 16.2. The third-order valence-corrected chi connectivity index (χ3v) is 3.76. The third kappa shape index (κ3) is 1.65. The van der Waals surface area contributed by atoms with E-state index < -0.39 is 0 Å². The van der Waals surface area contributed by atoms with Crippen molar-refractivity contribution in [2.75, 3.05) is 19.6 Å². The molecule has 0 unspecified atom stereocenters. The zero-order chi connectivity index (χ0) is 10.0. The van der Waals surface area contributed by atoms with Gasteiger partial charge in [-0.15, -0.1) is 0 Å². The van der Waals surface area contributed by atoms with Gasteiger partial charge in [-0.05, 0) is 45.2 Å². The standard InChI is InChI=1S/C11H20N2O/c1-10(14)13-9-3-2-4-11(13)5-7-12-8-6-11/h12H,2-9H2,1H3. The van der Waals surface area contributed by atoms with Gasteiger partial charge < -0.3 is 10.2 Å². The van der Waals surface area contributed by atoms with E-state index >= 15 is 0 Å². The molecule has 0 aromatic carbocycles. The van der Waals surface area contributed by atoms with E-state index in [4.69, 9.17) is 0 Å². The van der Waals surface area contributed by atoms with Crippen LogP contribution in [0, 0.1) is 0 Å². The van der Waals surface area contributed by atoms with Crippen molar-refractivity contribution in [3.63, 3.8) is 0 Å². The van der Waals surface area contributed by atoms with E-state index in [0.717, 1.165) is 32.5 Å². The predicted octanol–water partition coefficient (Wildman–Crippen LogP) is 1.14. The molecule has 2 aliphatic heterocycles. The Balaban J connectivity index is 2.14. The lowest BCUT2D eigenvalue weighted by Gasteiger charge is -2.49. The zero-order valence-electron chi connectivity index (χ0n) is 9.01. The number of rotatable bonds is 0. The molecule has 14 heavy (non-hydrogen) atoms. The van der Waals surface area contributed by atoms with E-state index in [1.165, 1.54) is 19.3 Å². The number of nitrogens with zero attached hydrogens (tertiary/aromatic N) is 1. The smallest absolute Gasteiger partial charge is 0.219 e. The second-order valence-corrected chi connectivity index (χ2v) is 4.60. The summed E-state index contributed by atoms with van der Waals surface area (Å²) in [4.78, 5) is 13.7. The molecule has 3 heteroatoms. The summed E-state index contributed by atoms with van der Waals surface area (Å²) in [5.41, 5.74) is 0.218. The van der Waals surface area contributed by atoms with Crippen molar-refractivity contribution < 1.29 is 4.79 Å². The highest BCUT2D eigenvalue weighted by Crippen LogP contribution is 2.35. The topological polar surface area (TPSA) is 32.3 Å². The fourth-order valence-electron chi connectivity index (χ4n) is 3.00. The Bertz CT molecular complexity index is 213. The summed E-state index contributed by atoms with van der Waals surface area (Å²) in [6, 6.07) is 0. The van der Waals surface area contributed by atoms with Crippen LogP contribution in [-0.4, -0.2) is 36.0 Å². The van der Waals surface area contributed by atoms with Crippen molar-refractivity contribution in [2.45, 2.75) is 44.6 Å². The van der Waals surface area contributed by atoms with Crippen LogP contribution in [0.2, 0.25) is 0 Å². The van der Waals surface area contributed by atoms with Crippen LogP contribution in [-0.2, 0) is 4.79 Å². The van der Waals surface area contributed by atoms with Gasteiger partial charge in [0.2, 0.25) is 5.91 Å². The Kier molecular flexibility index (Phi) is 2.77. The van der Waals surface area contributed by atoms with Crippen LogP contribution in [0.5, 0.6) is 0 Å². The van der Waals surface area contributed by atoms with Gasteiger partial charge in [0.1, 0.15) is 0 Å². The number of piperidine rings is 2. The molecule has 0 aromatic rings. The maximum absolute atomic E-state index is 11.6. The van der Waals surface area contributed by atoms with Crippen molar-refractivity contribution in [3.05, 3.63) is 0 Å². The van der Waals surface area contributed by atoms with Crippen LogP contribution >= 0.6 is 0 Å². The molecule has 0 saturated carbocycles. The summed E-state index contributed by atoms with van der Waals surface area (Å²) < 4.78 is 0. The highest BCUT2D eigenvalue weighted by Gasteiger charge is 2.40. The summed E-state index contributed by atoms with van der Waals surface area (Å²) in [6.07, 6.45) is 5.99. The second-order valence-electron chi connectivity index (χ2n) is 4.60. The Labute approximate surface area is 85.8 Å². The van der Waals surface area contributed by atoms with Gasteiger partial charge in [0.15, 0.2) is 0 Å². The average molecular weight is 196 g/mol. The van der Waals surface area contributed by atoms with Crippen molar-refractivity contribution in [1.82, 2.24) is 10.2 Å². The minimum absolute atomic E-state index is 0.218. The summed E-state index contributed by atoms with van der Waals surface area (Å²) >= 11 is 0. The van der Waals surface area contributed by atoms with Gasteiger partial charge in [0.05, 0.1) is 0 Å². The fourth-order valence-corrected chi connectivity index (χ4v) is 3.00. The lowest BCUT2D eigenvalue weighted by molar-refractivity contribution is -0.139. The van der Waals surface area contributed by atoms with Gasteiger partial charge in [0, 0.05) is 19.0 Å². The van der Waals surface area contributed by atoms with Gasteiger partial charge in [-0.3, -0.25) is 4.79 Å². The number of hydrogen-bond donors (Lipinski definition) is 1. The third-order valence-electron chi connectivity index (χ3n) is 3.76. The monoisotopic (exact) mass is 196 g/mol. The number of hydrogen-bond acceptors (Lipinski definition) is 2. The van der Waals surface area contributed by atoms with Crippen molar-refractivity contribution >= 4 is 5.91 Å². The van der Waals surface area contributed by atoms with Crippen LogP contribution in [0.15, 0.2) is 0 Å². The van der Waals surface area contributed by atoms with E-state index in [2.05, 4.69) is 10.2 Å². The van der Waals surface area contributed by atoms with Gasteiger partial charge in [-0.1, -0.05) is 0 Å². The van der Waals surface area contributed by atoms with Crippen LogP contribution < -0.4 is 5.32 Å². The van der Waals surface area contributed by atoms with Gasteiger partial charge in [0.25, 0.3) is 0 Å². The minimum atomic E-state index is 0.218. The minimum Gasteiger partial charge on any atom is -0.337 e. The SMILES string of the molecule is CC(=O)N1CCCCC12CCNCC2. The van der Waals surface area contributed by atoms with E-state index in [1.54, 1.807) is 6.92 Å². The van der Waals surface area contributed by atoms with Crippen LogP contribution in [0.25, 0.3) is 0 Å². The zero-order valence-corrected chi connectivity index (χ0v) is 9.01. The van der Waals surface area contributed by atoms with Crippen molar-refractivity contribution in [2.24, 2.45) is 0 Å². The number of likely N-dealkylation sites (tertiary alicyclic amines) is 1. The Hall–Kier alpha value is -0.570. The van der Waals surface area contributed by atoms with Crippen LogP contribution in [0.4, 0.5) is 0 Å². The quantitative estimate of drug-likeness (QED) is 0.630. The number of nitrogens with one attached hydrogen (secondary N) is 1. The maximum Gasteiger partial charge on any atom is 0.219 e. The largest absolute Gasteiger partial charge is 0.337 e. The molecule has 2 aliphatic rings. The molecule has 1 amide bonds. The predicted molar refractivity (Wildman–Crippen MR) is 56.1 cm³/mol. The molecule has 1 spiro atoms. The molecule has 0 radical (unpaired) electrons. The van der Waals surface area contributed by atoms with E-state index in [1.807, 2.05) is 0 Å². The Morgan fingerprint density at radius 2 is 1.93 bits per heavy atom. The normalized spacial score (nSPS) is 26.5. The first kappa shape index (κ1) is 9.97. The van der Waals surface area contributed by atoms with Gasteiger partial charge in [-0.2, -0.15) is 0 Å². The first-order valence-electron chi connectivity index (χ1n) is 5.74. The molecule has 80 valence electrons. The van der Waals surface area contributed by atoms with Crippen LogP contribution in [0.1, 0.15) is 39.0 Å². The van der Waals surface area contributed by atoms with Gasteiger partial charge >= 0.3 is 0 Å². The number of carbonyl (C=O) groups is 1. The Morgan fingerprint density at radius 3 is 2.57 bits per heavy atom. The van der Waals surface area contributed by atoms with Gasteiger partial charge in [-0.25, -0.2) is 0 Å². The van der Waals surface area contributed by atoms with Crippen molar-refractivity contribution in [1.29, 1.82) is 0 Å². The van der Waals surface area contributed by atoms with Crippen molar-refractivity contribution in [3.8, 4) is 0 Å². The average Bonchev–Trinajstić information content (AvgIpc) is 2.19. The maximum atomic E-state index is 11.6. The molecule has 0 aromatic heterocycles. The first-order valence-corrected chi connectivity index (χ1v) is 5.74. The van der Waals surface area contributed by atoms with Crippen LogP contribution in [0.3, 0.4) is 0 Å². The van der Waals surface area contributed by atoms with E-state index in [0.29, 0.717) is 0 Å². The molecular formula is C11H20N2O. The molecule has 2 rings (SSSR count). The number of amides is 1. The second kappa shape index (κ2) is 3.89. The molecule has 1 N–H and O–H groups in total. The molecule has 2 heterocycles. The molecule has 3 nitrogen and oxygen atoms in total. The molecule has 0 atom stereocenters. The lowest BCUT2D eigenvalue weighted by atomic mass is 9.79. The fraction of sp³-hybridized carbons (Fsp3) is 0.909. The number of carbonyl (C=O) groups excluding carboxylic acids is 1.